The molecule has 0 amide bonds. The van der Waals surface area contributed by atoms with Gasteiger partial charge in [0.15, 0.2) is 11.2 Å². The summed E-state index contributed by atoms with van der Waals surface area (Å²) in [5.41, 5.74) is 4.65. The van der Waals surface area contributed by atoms with E-state index in [1.807, 2.05) is 49.4 Å². The minimum absolute atomic E-state index is 0.104. The first kappa shape index (κ1) is 19.8. The molecule has 160 valence electrons. The quantitative estimate of drug-likeness (QED) is 0.410. The number of nitrogens with zero attached hydrogens (tertiary/aromatic N) is 7. The smallest absolute Gasteiger partial charge is 0.283 e. The minimum atomic E-state index is -0.308. The Bertz CT molecular complexity index is 1450. The fourth-order valence-corrected chi connectivity index (χ4v) is 3.56. The number of fused-ring (bicyclic) bond motifs is 1. The number of aromatic nitrogens is 7. The molecular weight excluding hydrogens is 406 g/mol. The van der Waals surface area contributed by atoms with Crippen molar-refractivity contribution < 1.29 is 4.52 Å². The third-order valence-corrected chi connectivity index (χ3v) is 5.30. The van der Waals surface area contributed by atoms with Gasteiger partial charge in [0.25, 0.3) is 5.56 Å². The van der Waals surface area contributed by atoms with Crippen LogP contribution in [0.2, 0.25) is 0 Å². The fraction of sp³-hybridized carbons (Fsp3) is 0.217. The summed E-state index contributed by atoms with van der Waals surface area (Å²) in [5.74, 6) is 0.795. The molecular formula is C23H21N7O2. The number of rotatable bonds is 6. The van der Waals surface area contributed by atoms with Crippen LogP contribution in [0.1, 0.15) is 29.5 Å². The number of hydrogen-bond donors (Lipinski definition) is 0. The second-order valence-corrected chi connectivity index (χ2v) is 7.65. The molecule has 0 spiro atoms. The molecule has 5 rings (SSSR count). The molecule has 0 fully saturated rings. The topological polar surface area (TPSA) is 105 Å². The Hall–Kier alpha value is -4.14. The lowest BCUT2D eigenvalue weighted by Crippen LogP contribution is -2.21. The predicted octanol–water partition coefficient (Wildman–Crippen LogP) is 3.01. The van der Waals surface area contributed by atoms with Gasteiger partial charge in [0.1, 0.15) is 12.9 Å². The molecule has 0 saturated carbocycles. The van der Waals surface area contributed by atoms with Crippen LogP contribution in [0.3, 0.4) is 0 Å². The van der Waals surface area contributed by atoms with E-state index in [1.165, 1.54) is 16.5 Å². The fourth-order valence-electron chi connectivity index (χ4n) is 3.56. The Morgan fingerprint density at radius 2 is 1.88 bits per heavy atom. The van der Waals surface area contributed by atoms with Crippen molar-refractivity contribution in [2.24, 2.45) is 0 Å². The molecule has 0 atom stereocenters. The lowest BCUT2D eigenvalue weighted by Gasteiger charge is -2.04. The van der Waals surface area contributed by atoms with Gasteiger partial charge in [0.05, 0.1) is 6.54 Å². The first-order chi connectivity index (χ1) is 15.6. The van der Waals surface area contributed by atoms with Gasteiger partial charge in [-0.1, -0.05) is 71.4 Å². The van der Waals surface area contributed by atoms with E-state index >= 15 is 0 Å². The summed E-state index contributed by atoms with van der Waals surface area (Å²) in [6.07, 6.45) is 2.42. The Balaban J connectivity index is 1.39. The Morgan fingerprint density at radius 1 is 1.03 bits per heavy atom. The van der Waals surface area contributed by atoms with Crippen molar-refractivity contribution in [2.45, 2.75) is 33.4 Å². The van der Waals surface area contributed by atoms with Crippen molar-refractivity contribution in [1.82, 2.24) is 34.7 Å². The molecule has 0 saturated heterocycles. The Labute approximate surface area is 183 Å². The maximum absolute atomic E-state index is 12.9. The van der Waals surface area contributed by atoms with E-state index < -0.39 is 0 Å². The van der Waals surface area contributed by atoms with Crippen molar-refractivity contribution in [3.63, 3.8) is 0 Å². The third kappa shape index (κ3) is 3.80. The van der Waals surface area contributed by atoms with E-state index in [4.69, 9.17) is 4.52 Å². The average molecular weight is 427 g/mol. The summed E-state index contributed by atoms with van der Waals surface area (Å²) in [7, 11) is 0. The van der Waals surface area contributed by atoms with Gasteiger partial charge in [-0.15, -0.1) is 5.10 Å². The van der Waals surface area contributed by atoms with Crippen LogP contribution in [0.25, 0.3) is 22.6 Å². The van der Waals surface area contributed by atoms with Gasteiger partial charge in [0, 0.05) is 5.56 Å². The predicted molar refractivity (Wildman–Crippen MR) is 118 cm³/mol. The molecule has 0 aliphatic heterocycles. The molecule has 3 heterocycles. The van der Waals surface area contributed by atoms with Gasteiger partial charge < -0.3 is 4.52 Å². The summed E-state index contributed by atoms with van der Waals surface area (Å²) < 4.78 is 8.37. The lowest BCUT2D eigenvalue weighted by atomic mass is 10.1. The highest BCUT2D eigenvalue weighted by Crippen LogP contribution is 2.17. The number of benzene rings is 2. The average Bonchev–Trinajstić information content (AvgIpc) is 3.44. The third-order valence-electron chi connectivity index (χ3n) is 5.30. The van der Waals surface area contributed by atoms with Gasteiger partial charge in [0.2, 0.25) is 11.7 Å². The van der Waals surface area contributed by atoms with Crippen LogP contribution in [0.4, 0.5) is 0 Å². The summed E-state index contributed by atoms with van der Waals surface area (Å²) in [6, 6.07) is 16.1. The largest absolute Gasteiger partial charge is 0.337 e. The van der Waals surface area contributed by atoms with Gasteiger partial charge >= 0.3 is 0 Å². The maximum Gasteiger partial charge on any atom is 0.283 e. The second kappa shape index (κ2) is 8.18. The summed E-state index contributed by atoms with van der Waals surface area (Å²) in [4.78, 5) is 21.7. The Kier molecular flexibility index (Phi) is 5.06. The molecule has 5 aromatic rings. The molecule has 2 aromatic carbocycles. The molecule has 0 unspecified atom stereocenters. The summed E-state index contributed by atoms with van der Waals surface area (Å²) >= 11 is 0. The van der Waals surface area contributed by atoms with Gasteiger partial charge in [-0.2, -0.15) is 4.98 Å². The molecule has 3 aromatic heterocycles. The van der Waals surface area contributed by atoms with E-state index in [0.717, 1.165) is 23.1 Å². The highest BCUT2D eigenvalue weighted by Gasteiger charge is 2.15. The van der Waals surface area contributed by atoms with Gasteiger partial charge in [-0.25, -0.2) is 9.67 Å². The van der Waals surface area contributed by atoms with Crippen LogP contribution < -0.4 is 5.56 Å². The zero-order chi connectivity index (χ0) is 22.1. The molecule has 0 aliphatic carbocycles. The molecule has 9 heteroatoms. The van der Waals surface area contributed by atoms with E-state index in [9.17, 15) is 4.79 Å². The summed E-state index contributed by atoms with van der Waals surface area (Å²) in [6.45, 7) is 4.72. The number of hydrogen-bond acceptors (Lipinski definition) is 7. The van der Waals surface area contributed by atoms with Crippen LogP contribution in [-0.2, 0) is 19.5 Å². The molecule has 9 nitrogen and oxygen atoms in total. The van der Waals surface area contributed by atoms with E-state index in [-0.39, 0.29) is 17.6 Å². The molecule has 0 aliphatic rings. The minimum Gasteiger partial charge on any atom is -0.337 e. The highest BCUT2D eigenvalue weighted by atomic mass is 16.5. The zero-order valence-corrected chi connectivity index (χ0v) is 17.8. The van der Waals surface area contributed by atoms with Crippen molar-refractivity contribution in [1.29, 1.82) is 0 Å². The van der Waals surface area contributed by atoms with E-state index in [2.05, 4.69) is 38.4 Å². The summed E-state index contributed by atoms with van der Waals surface area (Å²) in [5, 5.41) is 12.2. The van der Waals surface area contributed by atoms with Crippen LogP contribution in [0.15, 0.2) is 64.2 Å². The van der Waals surface area contributed by atoms with E-state index in [1.54, 1.807) is 4.68 Å². The monoisotopic (exact) mass is 427 g/mol. The number of aryl methyl sites for hydroxylation is 2. The standard InChI is InChI=1S/C23H21N7O2/c1-3-16-7-9-18(10-8-16)21-25-19(32-27-21)13-29-14-24-22-20(23(29)31)26-28-30(22)12-17-6-4-5-15(2)11-17/h4-11,14H,3,12-13H2,1-2H3. The van der Waals surface area contributed by atoms with Crippen LogP contribution >= 0.6 is 0 Å². The first-order valence-corrected chi connectivity index (χ1v) is 10.4. The molecule has 0 bridgehead atoms. The van der Waals surface area contributed by atoms with Crippen LogP contribution in [-0.4, -0.2) is 34.7 Å². The van der Waals surface area contributed by atoms with Crippen molar-refractivity contribution >= 4 is 11.2 Å². The molecule has 0 radical (unpaired) electrons. The van der Waals surface area contributed by atoms with Crippen molar-refractivity contribution in [2.75, 3.05) is 0 Å². The molecule has 32 heavy (non-hydrogen) atoms. The zero-order valence-electron chi connectivity index (χ0n) is 17.8. The lowest BCUT2D eigenvalue weighted by molar-refractivity contribution is 0.369. The SMILES string of the molecule is CCc1ccc(-c2noc(Cn3cnc4c(nnn4Cc4cccc(C)c4)c3=O)n2)cc1. The van der Waals surface area contributed by atoms with Crippen LogP contribution in [0, 0.1) is 6.92 Å². The van der Waals surface area contributed by atoms with Crippen molar-refractivity contribution in [3.05, 3.63) is 87.8 Å². The van der Waals surface area contributed by atoms with Gasteiger partial charge in [-0.05, 0) is 24.5 Å². The molecule has 0 N–H and O–H groups in total. The maximum atomic E-state index is 12.9. The van der Waals surface area contributed by atoms with Crippen LogP contribution in [0.5, 0.6) is 0 Å². The first-order valence-electron chi connectivity index (χ1n) is 10.4. The van der Waals surface area contributed by atoms with Crippen molar-refractivity contribution in [3.8, 4) is 11.4 Å². The Morgan fingerprint density at radius 3 is 2.66 bits per heavy atom. The van der Waals surface area contributed by atoms with Gasteiger partial charge in [-0.3, -0.25) is 9.36 Å². The van der Waals surface area contributed by atoms with E-state index in [0.29, 0.717) is 23.9 Å². The highest BCUT2D eigenvalue weighted by molar-refractivity contribution is 5.67. The normalized spacial score (nSPS) is 11.3. The second-order valence-electron chi connectivity index (χ2n) is 7.65.